The largest absolute Gasteiger partial charge is 0.329 e. The van der Waals surface area contributed by atoms with Crippen molar-refractivity contribution in [3.05, 3.63) is 0 Å². The van der Waals surface area contributed by atoms with Gasteiger partial charge >= 0.3 is 0 Å². The van der Waals surface area contributed by atoms with Crippen LogP contribution in [-0.2, 0) is 20.9 Å². The van der Waals surface area contributed by atoms with Crippen LogP contribution in [0.25, 0.3) is 0 Å². The van der Waals surface area contributed by atoms with Crippen LogP contribution in [0.4, 0.5) is 0 Å². The average molecular weight is 206 g/mol. The fourth-order valence-corrected chi connectivity index (χ4v) is 3.10. The Morgan fingerprint density at radius 3 is 2.17 bits per heavy atom. The summed E-state index contributed by atoms with van der Waals surface area (Å²) in [5.74, 6) is 1.50. The maximum absolute atomic E-state index is 5.54. The lowest BCUT2D eigenvalue weighted by Crippen LogP contribution is -2.31. The second-order valence-electron chi connectivity index (χ2n) is 3.81. The van der Waals surface area contributed by atoms with Gasteiger partial charge in [-0.1, -0.05) is 19.3 Å². The predicted molar refractivity (Wildman–Crippen MR) is 52.9 cm³/mol. The molecule has 0 spiro atoms. The third kappa shape index (κ3) is 1.90. The Bertz CT molecular complexity index is 203. The van der Waals surface area contributed by atoms with Gasteiger partial charge in [-0.15, -0.1) is 0 Å². The Kier molecular flexibility index (Phi) is 2.57. The van der Waals surface area contributed by atoms with Gasteiger partial charge in [-0.05, 0) is 17.7 Å². The Morgan fingerprint density at radius 1 is 1.17 bits per heavy atom. The van der Waals surface area contributed by atoms with E-state index < -0.39 is 6.49 Å². The van der Waals surface area contributed by atoms with E-state index >= 15 is 0 Å². The molecule has 0 N–H and O–H groups in total. The van der Waals surface area contributed by atoms with Crippen LogP contribution in [0.2, 0.25) is 0 Å². The van der Waals surface area contributed by atoms with E-state index in [4.69, 9.17) is 20.9 Å². The monoisotopic (exact) mass is 206 g/mol. The standard InChI is InChI=1S/C8H15O2PS/c1-11(12)9-5-8(6-10-11)7-3-2-4-7/h7-8H,2-6H2,1H3. The van der Waals surface area contributed by atoms with Crippen molar-refractivity contribution in [2.45, 2.75) is 19.3 Å². The summed E-state index contributed by atoms with van der Waals surface area (Å²) in [4.78, 5) is 0. The lowest BCUT2D eigenvalue weighted by molar-refractivity contribution is 0.0528. The first-order chi connectivity index (χ1) is 5.67. The molecule has 1 aliphatic heterocycles. The summed E-state index contributed by atoms with van der Waals surface area (Å²) in [5.41, 5.74) is 0. The predicted octanol–water partition coefficient (Wildman–Crippen LogP) is 2.39. The molecule has 1 aliphatic carbocycles. The smallest absolute Gasteiger partial charge is 0.185 e. The van der Waals surface area contributed by atoms with Gasteiger partial charge in [0.1, 0.15) is 0 Å². The highest BCUT2D eigenvalue weighted by Crippen LogP contribution is 2.50. The molecule has 0 aromatic rings. The fraction of sp³-hybridized carbons (Fsp3) is 1.00. The van der Waals surface area contributed by atoms with Crippen molar-refractivity contribution < 1.29 is 9.05 Å². The van der Waals surface area contributed by atoms with Crippen molar-refractivity contribution in [3.8, 4) is 0 Å². The Labute approximate surface area is 78.8 Å². The van der Waals surface area contributed by atoms with Gasteiger partial charge in [-0.2, -0.15) is 0 Å². The van der Waals surface area contributed by atoms with Gasteiger partial charge in [0, 0.05) is 12.6 Å². The molecule has 2 fully saturated rings. The third-order valence-electron chi connectivity index (χ3n) is 2.86. The first-order valence-electron chi connectivity index (χ1n) is 4.54. The highest BCUT2D eigenvalue weighted by atomic mass is 32.5. The second-order valence-corrected chi connectivity index (χ2v) is 7.86. The molecule has 1 saturated heterocycles. The average Bonchev–Trinajstić information content (AvgIpc) is 1.89. The summed E-state index contributed by atoms with van der Waals surface area (Å²) < 4.78 is 11.1. The van der Waals surface area contributed by atoms with Gasteiger partial charge < -0.3 is 9.05 Å². The highest BCUT2D eigenvalue weighted by Gasteiger charge is 2.32. The van der Waals surface area contributed by atoms with Gasteiger partial charge in [-0.25, -0.2) is 0 Å². The van der Waals surface area contributed by atoms with Gasteiger partial charge in [0.05, 0.1) is 13.2 Å². The summed E-state index contributed by atoms with van der Waals surface area (Å²) in [6.07, 6.45) is 4.12. The van der Waals surface area contributed by atoms with Crippen LogP contribution >= 0.6 is 6.49 Å². The minimum absolute atomic E-state index is 0.634. The van der Waals surface area contributed by atoms with Crippen LogP contribution in [0.15, 0.2) is 0 Å². The molecule has 2 nitrogen and oxygen atoms in total. The fourth-order valence-electron chi connectivity index (χ4n) is 1.73. The van der Waals surface area contributed by atoms with Crippen LogP contribution in [-0.4, -0.2) is 19.9 Å². The lowest BCUT2D eigenvalue weighted by Gasteiger charge is -2.38. The summed E-state index contributed by atoms with van der Waals surface area (Å²) in [6, 6.07) is 0. The molecule has 0 atom stereocenters. The molecular formula is C8H15O2PS. The Balaban J connectivity index is 1.85. The van der Waals surface area contributed by atoms with Gasteiger partial charge in [0.15, 0.2) is 6.49 Å². The topological polar surface area (TPSA) is 18.5 Å². The first-order valence-corrected chi connectivity index (χ1v) is 7.62. The number of rotatable bonds is 1. The van der Waals surface area contributed by atoms with E-state index in [2.05, 4.69) is 0 Å². The summed E-state index contributed by atoms with van der Waals surface area (Å²) in [7, 11) is 0. The van der Waals surface area contributed by atoms with Crippen molar-refractivity contribution in [1.82, 2.24) is 0 Å². The van der Waals surface area contributed by atoms with Crippen LogP contribution < -0.4 is 0 Å². The second kappa shape index (κ2) is 3.38. The zero-order valence-corrected chi connectivity index (χ0v) is 9.07. The van der Waals surface area contributed by atoms with E-state index in [9.17, 15) is 0 Å². The Morgan fingerprint density at radius 2 is 1.75 bits per heavy atom. The maximum Gasteiger partial charge on any atom is 0.185 e. The van der Waals surface area contributed by atoms with Crippen LogP contribution in [0, 0.1) is 11.8 Å². The molecular weight excluding hydrogens is 191 g/mol. The molecule has 0 radical (unpaired) electrons. The van der Waals surface area contributed by atoms with Crippen molar-refractivity contribution in [1.29, 1.82) is 0 Å². The van der Waals surface area contributed by atoms with Gasteiger partial charge in [0.25, 0.3) is 0 Å². The first kappa shape index (κ1) is 9.14. The molecule has 0 aromatic carbocycles. The summed E-state index contributed by atoms with van der Waals surface area (Å²) >= 11 is 5.16. The molecule has 2 rings (SSSR count). The molecule has 1 saturated carbocycles. The van der Waals surface area contributed by atoms with E-state index in [1.165, 1.54) is 19.3 Å². The van der Waals surface area contributed by atoms with E-state index in [1.54, 1.807) is 0 Å². The molecule has 4 heteroatoms. The molecule has 1 heterocycles. The van der Waals surface area contributed by atoms with Crippen LogP contribution in [0.1, 0.15) is 19.3 Å². The van der Waals surface area contributed by atoms with Crippen molar-refractivity contribution in [2.24, 2.45) is 11.8 Å². The number of hydrogen-bond donors (Lipinski definition) is 0. The van der Waals surface area contributed by atoms with Crippen molar-refractivity contribution >= 4 is 18.3 Å². The van der Waals surface area contributed by atoms with Crippen LogP contribution in [0.5, 0.6) is 0 Å². The molecule has 70 valence electrons. The van der Waals surface area contributed by atoms with E-state index in [1.807, 2.05) is 6.66 Å². The quantitative estimate of drug-likeness (QED) is 0.614. The molecule has 0 aromatic heterocycles. The molecule has 0 unspecified atom stereocenters. The Hall–Kier alpha value is 0.570. The zero-order valence-electron chi connectivity index (χ0n) is 7.36. The third-order valence-corrected chi connectivity index (χ3v) is 4.73. The van der Waals surface area contributed by atoms with E-state index in [-0.39, 0.29) is 0 Å². The SMILES string of the molecule is CP1(=S)OCC(C2CCC2)CO1. The van der Waals surface area contributed by atoms with Crippen LogP contribution in [0.3, 0.4) is 0 Å². The molecule has 12 heavy (non-hydrogen) atoms. The van der Waals surface area contributed by atoms with Crippen molar-refractivity contribution in [2.75, 3.05) is 19.9 Å². The zero-order chi connectivity index (χ0) is 8.60. The summed E-state index contributed by atoms with van der Waals surface area (Å²) in [6.45, 7) is 1.79. The molecule has 0 amide bonds. The molecule has 0 bridgehead atoms. The summed E-state index contributed by atoms with van der Waals surface area (Å²) in [5, 5.41) is 0. The van der Waals surface area contributed by atoms with E-state index in [0.717, 1.165) is 19.1 Å². The molecule has 2 aliphatic rings. The van der Waals surface area contributed by atoms with Gasteiger partial charge in [-0.3, -0.25) is 0 Å². The van der Waals surface area contributed by atoms with Crippen molar-refractivity contribution in [3.63, 3.8) is 0 Å². The minimum Gasteiger partial charge on any atom is -0.329 e. The lowest BCUT2D eigenvalue weighted by atomic mass is 9.76. The normalized spacial score (nSPS) is 43.9. The minimum atomic E-state index is -1.82. The van der Waals surface area contributed by atoms with E-state index in [0.29, 0.717) is 5.92 Å². The highest BCUT2D eigenvalue weighted by molar-refractivity contribution is 8.09. The van der Waals surface area contributed by atoms with Gasteiger partial charge in [0.2, 0.25) is 0 Å². The number of hydrogen-bond acceptors (Lipinski definition) is 3. The maximum atomic E-state index is 5.54.